The van der Waals surface area contributed by atoms with Crippen molar-refractivity contribution in [2.24, 2.45) is 0 Å². The third kappa shape index (κ3) is 4.13. The highest BCUT2D eigenvalue weighted by Crippen LogP contribution is 2.23. The van der Waals surface area contributed by atoms with Gasteiger partial charge in [-0.1, -0.05) is 30.3 Å². The van der Waals surface area contributed by atoms with Crippen molar-refractivity contribution in [1.29, 1.82) is 0 Å². The highest BCUT2D eigenvalue weighted by Gasteiger charge is 2.38. The van der Waals surface area contributed by atoms with Crippen molar-refractivity contribution in [1.82, 2.24) is 4.90 Å². The zero-order chi connectivity index (χ0) is 16.9. The summed E-state index contributed by atoms with van der Waals surface area (Å²) < 4.78 is 11.1. The summed E-state index contributed by atoms with van der Waals surface area (Å²) in [4.78, 5) is 25.2. The molecule has 1 unspecified atom stereocenters. The number of aryl methyl sites for hydroxylation is 1. The quantitative estimate of drug-likeness (QED) is 0.883. The number of benzene rings is 1. The van der Waals surface area contributed by atoms with Crippen molar-refractivity contribution in [3.63, 3.8) is 0 Å². The number of carboxylic acid groups (broad SMARTS) is 1. The molecule has 2 heterocycles. The number of morpholine rings is 1. The number of carbonyl (C=O) groups is 2. The van der Waals surface area contributed by atoms with Crippen molar-refractivity contribution < 1.29 is 24.2 Å². The monoisotopic (exact) mass is 333 g/mol. The molecule has 1 aromatic carbocycles. The van der Waals surface area contributed by atoms with E-state index >= 15 is 0 Å². The highest BCUT2D eigenvalue weighted by atomic mass is 16.5. The number of amides is 1. The minimum Gasteiger partial charge on any atom is -0.479 e. The molecule has 0 spiro atoms. The van der Waals surface area contributed by atoms with Crippen LogP contribution >= 0.6 is 0 Å². The van der Waals surface area contributed by atoms with E-state index in [4.69, 9.17) is 14.6 Å². The summed E-state index contributed by atoms with van der Waals surface area (Å²) in [5.41, 5.74) is 1.26. The summed E-state index contributed by atoms with van der Waals surface area (Å²) in [6.45, 7) is 1.60. The third-order valence-corrected chi connectivity index (χ3v) is 4.62. The second kappa shape index (κ2) is 7.77. The van der Waals surface area contributed by atoms with E-state index in [0.717, 1.165) is 12.8 Å². The fourth-order valence-corrected chi connectivity index (χ4v) is 3.27. The van der Waals surface area contributed by atoms with Gasteiger partial charge in [0.15, 0.2) is 6.10 Å². The molecule has 3 atom stereocenters. The molecule has 6 heteroatoms. The van der Waals surface area contributed by atoms with Gasteiger partial charge in [0.25, 0.3) is 5.91 Å². The number of hydrogen-bond donors (Lipinski definition) is 1. The highest BCUT2D eigenvalue weighted by molar-refractivity contribution is 5.82. The average Bonchev–Trinajstić information content (AvgIpc) is 3.11. The van der Waals surface area contributed by atoms with Gasteiger partial charge in [-0.25, -0.2) is 4.79 Å². The lowest BCUT2D eigenvalue weighted by Gasteiger charge is -2.34. The van der Waals surface area contributed by atoms with E-state index in [0.29, 0.717) is 32.5 Å². The summed E-state index contributed by atoms with van der Waals surface area (Å²) in [5.74, 6) is -1.10. The van der Waals surface area contributed by atoms with Crippen molar-refractivity contribution >= 4 is 11.9 Å². The van der Waals surface area contributed by atoms with Gasteiger partial charge in [-0.15, -0.1) is 0 Å². The van der Waals surface area contributed by atoms with Gasteiger partial charge < -0.3 is 19.5 Å². The molecule has 0 saturated carbocycles. The molecular formula is C18H23NO5. The number of aliphatic carboxylic acids is 1. The van der Waals surface area contributed by atoms with Crippen LogP contribution in [0.15, 0.2) is 30.3 Å². The molecule has 1 N–H and O–H groups in total. The van der Waals surface area contributed by atoms with Gasteiger partial charge in [0, 0.05) is 13.1 Å². The number of nitrogens with zero attached hydrogens (tertiary/aromatic N) is 1. The molecule has 0 radical (unpaired) electrons. The first-order chi connectivity index (χ1) is 11.6. The van der Waals surface area contributed by atoms with Gasteiger partial charge in [-0.05, 0) is 31.2 Å². The lowest BCUT2D eigenvalue weighted by Crippen LogP contribution is -2.49. The Bertz CT molecular complexity index is 576. The minimum atomic E-state index is -0.993. The smallest absolute Gasteiger partial charge is 0.332 e. The topological polar surface area (TPSA) is 76.1 Å². The van der Waals surface area contributed by atoms with Crippen LogP contribution in [0.1, 0.15) is 24.8 Å². The van der Waals surface area contributed by atoms with Crippen LogP contribution in [0.3, 0.4) is 0 Å². The van der Waals surface area contributed by atoms with E-state index in [9.17, 15) is 9.59 Å². The Morgan fingerprint density at radius 2 is 1.92 bits per heavy atom. The molecular weight excluding hydrogens is 310 g/mol. The number of carboxylic acids is 1. The number of carbonyl (C=O) groups excluding carboxylic acids is 1. The largest absolute Gasteiger partial charge is 0.479 e. The molecule has 0 bridgehead atoms. The zero-order valence-electron chi connectivity index (χ0n) is 13.6. The Labute approximate surface area is 141 Å². The first-order valence-corrected chi connectivity index (χ1v) is 8.46. The van der Waals surface area contributed by atoms with Crippen molar-refractivity contribution in [3.8, 4) is 0 Å². The molecule has 2 aliphatic heterocycles. The number of ether oxygens (including phenoxy) is 2. The Hall–Kier alpha value is -1.92. The van der Waals surface area contributed by atoms with Crippen LogP contribution in [0.5, 0.6) is 0 Å². The minimum absolute atomic E-state index is 0.0135. The maximum Gasteiger partial charge on any atom is 0.332 e. The summed E-state index contributed by atoms with van der Waals surface area (Å²) in [5, 5.41) is 8.97. The van der Waals surface area contributed by atoms with Gasteiger partial charge in [0.2, 0.25) is 0 Å². The van der Waals surface area contributed by atoms with Crippen LogP contribution in [0.2, 0.25) is 0 Å². The van der Waals surface area contributed by atoms with E-state index in [-0.39, 0.29) is 12.0 Å². The first kappa shape index (κ1) is 16.9. The molecule has 2 aliphatic rings. The van der Waals surface area contributed by atoms with Crippen molar-refractivity contribution in [3.05, 3.63) is 35.9 Å². The SMILES string of the molecule is O=C(O)[C@H]1CC[C@@H](C(=O)N2CCOC(CCc3ccccc3)C2)O1. The Kier molecular flexibility index (Phi) is 5.48. The van der Waals surface area contributed by atoms with Crippen LogP contribution in [0, 0.1) is 0 Å². The van der Waals surface area contributed by atoms with Crippen LogP contribution in [-0.4, -0.2) is 59.9 Å². The van der Waals surface area contributed by atoms with Gasteiger partial charge in [-0.2, -0.15) is 0 Å². The van der Waals surface area contributed by atoms with E-state index in [1.54, 1.807) is 4.90 Å². The molecule has 3 rings (SSSR count). The molecule has 2 saturated heterocycles. The van der Waals surface area contributed by atoms with E-state index in [1.807, 2.05) is 18.2 Å². The predicted molar refractivity (Wildman–Crippen MR) is 86.6 cm³/mol. The summed E-state index contributed by atoms with van der Waals surface area (Å²) in [6, 6.07) is 10.2. The fourth-order valence-electron chi connectivity index (χ4n) is 3.27. The molecule has 1 aromatic rings. The molecule has 0 aromatic heterocycles. The van der Waals surface area contributed by atoms with Gasteiger partial charge in [0.05, 0.1) is 12.7 Å². The lowest BCUT2D eigenvalue weighted by atomic mass is 10.1. The number of rotatable bonds is 5. The molecule has 1 amide bonds. The maximum atomic E-state index is 12.5. The van der Waals surface area contributed by atoms with Gasteiger partial charge in [-0.3, -0.25) is 4.79 Å². The van der Waals surface area contributed by atoms with Crippen LogP contribution in [0.25, 0.3) is 0 Å². The fraction of sp³-hybridized carbons (Fsp3) is 0.556. The standard InChI is InChI=1S/C18H23NO5/c20-17(15-8-9-16(24-15)18(21)22)19-10-11-23-14(12-19)7-6-13-4-2-1-3-5-13/h1-5,14-16H,6-12H2,(H,21,22)/t14?,15-,16+/m0/s1. The van der Waals surface area contributed by atoms with Gasteiger partial charge in [0.1, 0.15) is 6.10 Å². The average molecular weight is 333 g/mol. The molecule has 2 fully saturated rings. The Morgan fingerprint density at radius 3 is 2.62 bits per heavy atom. The zero-order valence-corrected chi connectivity index (χ0v) is 13.6. The van der Waals surface area contributed by atoms with Crippen molar-refractivity contribution in [2.75, 3.05) is 19.7 Å². The third-order valence-electron chi connectivity index (χ3n) is 4.62. The van der Waals surface area contributed by atoms with Crippen LogP contribution < -0.4 is 0 Å². The normalized spacial score (nSPS) is 27.2. The van der Waals surface area contributed by atoms with E-state index in [2.05, 4.69) is 12.1 Å². The Morgan fingerprint density at radius 1 is 1.17 bits per heavy atom. The lowest BCUT2D eigenvalue weighted by molar-refractivity contribution is -0.158. The molecule has 0 aliphatic carbocycles. The van der Waals surface area contributed by atoms with Crippen LogP contribution in [-0.2, 0) is 25.5 Å². The first-order valence-electron chi connectivity index (χ1n) is 8.46. The van der Waals surface area contributed by atoms with E-state index in [1.165, 1.54) is 5.56 Å². The summed E-state index contributed by atoms with van der Waals surface area (Å²) in [6.07, 6.45) is 1.17. The molecule has 6 nitrogen and oxygen atoms in total. The van der Waals surface area contributed by atoms with Gasteiger partial charge >= 0.3 is 5.97 Å². The van der Waals surface area contributed by atoms with E-state index < -0.39 is 18.2 Å². The van der Waals surface area contributed by atoms with Crippen LogP contribution in [0.4, 0.5) is 0 Å². The summed E-state index contributed by atoms with van der Waals surface area (Å²) >= 11 is 0. The summed E-state index contributed by atoms with van der Waals surface area (Å²) in [7, 11) is 0. The molecule has 130 valence electrons. The predicted octanol–water partition coefficient (Wildman–Crippen LogP) is 1.48. The second-order valence-electron chi connectivity index (χ2n) is 6.33. The second-order valence-corrected chi connectivity index (χ2v) is 6.33. The number of hydrogen-bond acceptors (Lipinski definition) is 4. The van der Waals surface area contributed by atoms with Crippen molar-refractivity contribution in [2.45, 2.75) is 44.0 Å². The Balaban J connectivity index is 1.50. The molecule has 24 heavy (non-hydrogen) atoms. The maximum absolute atomic E-state index is 12.5.